The molecule has 2 aromatic carbocycles. The number of pyridine rings is 2. The number of halogens is 1. The van der Waals surface area contributed by atoms with Gasteiger partial charge >= 0.3 is 0 Å². The smallest absolute Gasteiger partial charge is 0.234 e. The molecule has 1 saturated heterocycles. The van der Waals surface area contributed by atoms with Gasteiger partial charge in [-0.1, -0.05) is 66.2 Å². The van der Waals surface area contributed by atoms with E-state index in [1.54, 1.807) is 12.4 Å². The number of benzene rings is 2. The summed E-state index contributed by atoms with van der Waals surface area (Å²) in [5, 5.41) is 13.8. The first kappa shape index (κ1) is 24.9. The third kappa shape index (κ3) is 5.58. The van der Waals surface area contributed by atoms with Crippen molar-refractivity contribution in [2.24, 2.45) is 0 Å². The summed E-state index contributed by atoms with van der Waals surface area (Å²) < 4.78 is 0. The van der Waals surface area contributed by atoms with E-state index in [2.05, 4.69) is 67.6 Å². The second-order valence-corrected chi connectivity index (χ2v) is 10.0. The summed E-state index contributed by atoms with van der Waals surface area (Å²) in [6.45, 7) is 2.89. The standard InChI is InChI=1S/C31H26ClN7/c32-31-26-18-25(22-4-2-1-3-5-22)30(37-27(26)10-14-35-31)23-8-6-21(7-9-23)20-39-16-12-24(13-17-39)36-28-11-15-34-29(19-33)38-28/h1-11,14-15,18,24H,12-13,16-17,20H2,(H,34,36,38). The number of anilines is 1. The summed E-state index contributed by atoms with van der Waals surface area (Å²) in [6, 6.07) is 27.1. The van der Waals surface area contributed by atoms with Crippen molar-refractivity contribution in [2.75, 3.05) is 18.4 Å². The van der Waals surface area contributed by atoms with Gasteiger partial charge in [0.2, 0.25) is 5.82 Å². The summed E-state index contributed by atoms with van der Waals surface area (Å²) >= 11 is 6.41. The topological polar surface area (TPSA) is 90.6 Å². The molecule has 39 heavy (non-hydrogen) atoms. The molecule has 0 saturated carbocycles. The Morgan fingerprint density at radius 1 is 0.897 bits per heavy atom. The molecule has 3 aromatic heterocycles. The summed E-state index contributed by atoms with van der Waals surface area (Å²) in [7, 11) is 0. The molecule has 7 nitrogen and oxygen atoms in total. The van der Waals surface area contributed by atoms with E-state index in [1.165, 1.54) is 5.56 Å². The van der Waals surface area contributed by atoms with Crippen LogP contribution in [0.2, 0.25) is 5.15 Å². The van der Waals surface area contributed by atoms with Crippen LogP contribution in [-0.4, -0.2) is 44.0 Å². The molecule has 0 unspecified atom stereocenters. The molecule has 192 valence electrons. The van der Waals surface area contributed by atoms with Crippen molar-refractivity contribution in [3.8, 4) is 28.5 Å². The van der Waals surface area contributed by atoms with Crippen LogP contribution >= 0.6 is 11.6 Å². The minimum Gasteiger partial charge on any atom is -0.367 e. The molecule has 1 N–H and O–H groups in total. The molecule has 6 rings (SSSR count). The zero-order valence-corrected chi connectivity index (χ0v) is 22.0. The SMILES string of the molecule is N#Cc1nccc(NC2CCN(Cc3ccc(-c4nc5ccnc(Cl)c5cc4-c4ccccc4)cc3)CC2)n1. The van der Waals surface area contributed by atoms with Gasteiger partial charge in [-0.3, -0.25) is 4.90 Å². The van der Waals surface area contributed by atoms with E-state index in [0.717, 1.165) is 65.8 Å². The molecule has 8 heteroatoms. The number of nitrogens with one attached hydrogen (secondary N) is 1. The normalized spacial score (nSPS) is 14.3. The van der Waals surface area contributed by atoms with Gasteiger partial charge in [0.05, 0.1) is 11.2 Å². The van der Waals surface area contributed by atoms with E-state index in [1.807, 2.05) is 36.4 Å². The lowest BCUT2D eigenvalue weighted by Crippen LogP contribution is -2.38. The number of likely N-dealkylation sites (tertiary alicyclic amines) is 1. The summed E-state index contributed by atoms with van der Waals surface area (Å²) in [5.41, 5.74) is 6.22. The number of fused-ring (bicyclic) bond motifs is 1. The molecule has 1 aliphatic heterocycles. The monoisotopic (exact) mass is 531 g/mol. The molecule has 0 atom stereocenters. The van der Waals surface area contributed by atoms with Crippen molar-refractivity contribution in [2.45, 2.75) is 25.4 Å². The second kappa shape index (κ2) is 11.2. The molecule has 0 radical (unpaired) electrons. The summed E-state index contributed by atoms with van der Waals surface area (Å²) in [5.74, 6) is 0.905. The molecule has 0 amide bonds. The Kier molecular flexibility index (Phi) is 7.13. The number of piperidine rings is 1. The number of hydrogen-bond donors (Lipinski definition) is 1. The van der Waals surface area contributed by atoms with Crippen molar-refractivity contribution in [3.63, 3.8) is 0 Å². The van der Waals surface area contributed by atoms with Gasteiger partial charge in [0.15, 0.2) is 0 Å². The van der Waals surface area contributed by atoms with Gasteiger partial charge in [-0.2, -0.15) is 5.26 Å². The molecule has 0 spiro atoms. The quantitative estimate of drug-likeness (QED) is 0.255. The van der Waals surface area contributed by atoms with Crippen molar-refractivity contribution in [1.82, 2.24) is 24.8 Å². The van der Waals surface area contributed by atoms with Crippen LogP contribution in [-0.2, 0) is 6.54 Å². The van der Waals surface area contributed by atoms with E-state index in [0.29, 0.717) is 17.0 Å². The molecule has 4 heterocycles. The Hall–Kier alpha value is -4.38. The minimum atomic E-state index is 0.191. The van der Waals surface area contributed by atoms with Gasteiger partial charge < -0.3 is 5.32 Å². The van der Waals surface area contributed by atoms with Crippen LogP contribution in [0, 0.1) is 11.3 Å². The van der Waals surface area contributed by atoms with E-state index in [9.17, 15) is 0 Å². The molecule has 0 bridgehead atoms. The Morgan fingerprint density at radius 2 is 1.67 bits per heavy atom. The highest BCUT2D eigenvalue weighted by Crippen LogP contribution is 2.35. The molecule has 1 aliphatic rings. The van der Waals surface area contributed by atoms with Crippen LogP contribution in [0.5, 0.6) is 0 Å². The Bertz CT molecular complexity index is 1640. The van der Waals surface area contributed by atoms with Crippen molar-refractivity contribution in [3.05, 3.63) is 102 Å². The Balaban J connectivity index is 1.17. The van der Waals surface area contributed by atoms with Gasteiger partial charge in [0.25, 0.3) is 0 Å². The largest absolute Gasteiger partial charge is 0.367 e. The number of rotatable bonds is 6. The van der Waals surface area contributed by atoms with Gasteiger partial charge in [-0.05, 0) is 42.2 Å². The highest BCUT2D eigenvalue weighted by atomic mass is 35.5. The first-order valence-corrected chi connectivity index (χ1v) is 13.4. The van der Waals surface area contributed by atoms with Crippen molar-refractivity contribution < 1.29 is 0 Å². The Labute approximate surface area is 232 Å². The molecule has 5 aromatic rings. The fourth-order valence-corrected chi connectivity index (χ4v) is 5.29. The highest BCUT2D eigenvalue weighted by Gasteiger charge is 2.20. The lowest BCUT2D eigenvalue weighted by atomic mass is 9.97. The van der Waals surface area contributed by atoms with Gasteiger partial charge in [-0.15, -0.1) is 0 Å². The number of hydrogen-bond acceptors (Lipinski definition) is 7. The highest BCUT2D eigenvalue weighted by molar-refractivity contribution is 6.34. The summed E-state index contributed by atoms with van der Waals surface area (Å²) in [6.07, 6.45) is 5.35. The first-order valence-electron chi connectivity index (χ1n) is 13.0. The maximum absolute atomic E-state index is 9.02. The number of aromatic nitrogens is 4. The van der Waals surface area contributed by atoms with Crippen molar-refractivity contribution in [1.29, 1.82) is 5.26 Å². The lowest BCUT2D eigenvalue weighted by Gasteiger charge is -2.32. The van der Waals surface area contributed by atoms with Gasteiger partial charge in [0, 0.05) is 54.6 Å². The van der Waals surface area contributed by atoms with Crippen LogP contribution in [0.1, 0.15) is 24.2 Å². The average molecular weight is 532 g/mol. The number of nitriles is 1. The fraction of sp³-hybridized carbons (Fsp3) is 0.194. The van der Waals surface area contributed by atoms with Crippen LogP contribution in [0.4, 0.5) is 5.82 Å². The average Bonchev–Trinajstić information content (AvgIpc) is 2.99. The molecule has 1 fully saturated rings. The van der Waals surface area contributed by atoms with Crippen LogP contribution in [0.15, 0.2) is 85.2 Å². The minimum absolute atomic E-state index is 0.191. The fourth-order valence-electron chi connectivity index (χ4n) is 5.08. The third-order valence-electron chi connectivity index (χ3n) is 7.11. The summed E-state index contributed by atoms with van der Waals surface area (Å²) in [4.78, 5) is 19.9. The van der Waals surface area contributed by atoms with E-state index in [4.69, 9.17) is 21.8 Å². The van der Waals surface area contributed by atoms with E-state index in [-0.39, 0.29) is 5.82 Å². The zero-order chi connectivity index (χ0) is 26.6. The predicted octanol–water partition coefficient (Wildman–Crippen LogP) is 6.36. The van der Waals surface area contributed by atoms with E-state index < -0.39 is 0 Å². The van der Waals surface area contributed by atoms with Crippen LogP contribution < -0.4 is 5.32 Å². The van der Waals surface area contributed by atoms with Gasteiger partial charge in [-0.25, -0.2) is 19.9 Å². The second-order valence-electron chi connectivity index (χ2n) is 9.69. The first-order chi connectivity index (χ1) is 19.2. The van der Waals surface area contributed by atoms with Gasteiger partial charge in [0.1, 0.15) is 17.0 Å². The lowest BCUT2D eigenvalue weighted by molar-refractivity contribution is 0.211. The zero-order valence-electron chi connectivity index (χ0n) is 21.3. The Morgan fingerprint density at radius 3 is 2.44 bits per heavy atom. The number of nitrogens with zero attached hydrogens (tertiary/aromatic N) is 6. The van der Waals surface area contributed by atoms with Crippen LogP contribution in [0.25, 0.3) is 33.3 Å². The van der Waals surface area contributed by atoms with E-state index >= 15 is 0 Å². The maximum atomic E-state index is 9.02. The van der Waals surface area contributed by atoms with Crippen LogP contribution in [0.3, 0.4) is 0 Å². The van der Waals surface area contributed by atoms with Crippen molar-refractivity contribution >= 4 is 28.3 Å². The molecular formula is C31H26ClN7. The molecule has 0 aliphatic carbocycles. The molecular weight excluding hydrogens is 506 g/mol. The predicted molar refractivity (Wildman–Crippen MR) is 154 cm³/mol. The maximum Gasteiger partial charge on any atom is 0.234 e. The third-order valence-corrected chi connectivity index (χ3v) is 7.41.